The summed E-state index contributed by atoms with van der Waals surface area (Å²) < 4.78 is 29.7. The van der Waals surface area contributed by atoms with Crippen molar-refractivity contribution in [2.45, 2.75) is 24.2 Å². The minimum absolute atomic E-state index is 0.0510. The Balaban J connectivity index is 2.35. The predicted octanol–water partition coefficient (Wildman–Crippen LogP) is 1.86. The average molecular weight is 309 g/mol. The summed E-state index contributed by atoms with van der Waals surface area (Å²) in [5.41, 5.74) is -0.652. The highest BCUT2D eigenvalue weighted by molar-refractivity contribution is 7.91. The fraction of sp³-hybridized carbons (Fsp3) is 0.429. The van der Waals surface area contributed by atoms with Gasteiger partial charge in [0, 0.05) is 6.42 Å². The van der Waals surface area contributed by atoms with Crippen LogP contribution in [-0.2, 0) is 9.84 Å². The fourth-order valence-corrected chi connectivity index (χ4v) is 4.19. The number of carboxylic acids is 1. The Morgan fingerprint density at radius 1 is 1.48 bits per heavy atom. The number of aromatic carboxylic acids is 1. The van der Waals surface area contributed by atoms with Crippen molar-refractivity contribution in [3.8, 4) is 11.8 Å². The maximum atomic E-state index is 12.4. The third kappa shape index (κ3) is 3.16. The lowest BCUT2D eigenvalue weighted by molar-refractivity contribution is 0.0693. The van der Waals surface area contributed by atoms with E-state index in [-0.39, 0.29) is 28.4 Å². The minimum atomic E-state index is -3.63. The van der Waals surface area contributed by atoms with E-state index in [1.807, 2.05) is 6.07 Å². The van der Waals surface area contributed by atoms with E-state index >= 15 is 0 Å². The molecule has 0 aliphatic heterocycles. The Bertz CT molecular complexity index is 713. The van der Waals surface area contributed by atoms with Crippen molar-refractivity contribution in [2.75, 3.05) is 12.9 Å². The zero-order valence-corrected chi connectivity index (χ0v) is 12.3. The van der Waals surface area contributed by atoms with Crippen molar-refractivity contribution >= 4 is 15.8 Å². The predicted molar refractivity (Wildman–Crippen MR) is 73.9 cm³/mol. The molecule has 1 N–H and O–H groups in total. The van der Waals surface area contributed by atoms with E-state index in [1.165, 1.54) is 19.2 Å². The molecule has 0 unspecified atom stereocenters. The molecule has 0 bridgehead atoms. The lowest BCUT2D eigenvalue weighted by Crippen LogP contribution is -2.17. The molecule has 1 aromatic rings. The van der Waals surface area contributed by atoms with Gasteiger partial charge in [-0.1, -0.05) is 0 Å². The molecule has 1 saturated carbocycles. The van der Waals surface area contributed by atoms with Gasteiger partial charge in [-0.25, -0.2) is 13.2 Å². The molecule has 21 heavy (non-hydrogen) atoms. The Morgan fingerprint density at radius 3 is 2.62 bits per heavy atom. The quantitative estimate of drug-likeness (QED) is 0.860. The van der Waals surface area contributed by atoms with Gasteiger partial charge in [-0.15, -0.1) is 0 Å². The zero-order chi connectivity index (χ0) is 15.7. The van der Waals surface area contributed by atoms with Crippen molar-refractivity contribution in [3.05, 3.63) is 23.8 Å². The first-order valence-electron chi connectivity index (χ1n) is 6.35. The molecule has 1 fully saturated rings. The largest absolute Gasteiger partial charge is 0.496 e. The summed E-state index contributed by atoms with van der Waals surface area (Å²) >= 11 is 0. The van der Waals surface area contributed by atoms with E-state index in [2.05, 4.69) is 0 Å². The van der Waals surface area contributed by atoms with E-state index < -0.39 is 21.2 Å². The summed E-state index contributed by atoms with van der Waals surface area (Å²) in [6.45, 7) is 0. The van der Waals surface area contributed by atoms with Crippen LogP contribution in [0.2, 0.25) is 0 Å². The zero-order valence-electron chi connectivity index (χ0n) is 11.5. The molecule has 0 heterocycles. The van der Waals surface area contributed by atoms with Crippen LogP contribution in [0.3, 0.4) is 0 Å². The second kappa shape index (κ2) is 5.37. The molecule has 7 heteroatoms. The minimum Gasteiger partial charge on any atom is -0.496 e. The number of methoxy groups -OCH3 is 1. The summed E-state index contributed by atoms with van der Waals surface area (Å²) in [6.07, 6.45) is 1.62. The lowest BCUT2D eigenvalue weighted by atomic mass is 10.1. The molecule has 0 saturated heterocycles. The number of rotatable bonds is 6. The van der Waals surface area contributed by atoms with Crippen LogP contribution in [0.4, 0.5) is 0 Å². The Morgan fingerprint density at radius 2 is 2.14 bits per heavy atom. The molecule has 1 aromatic carbocycles. The molecule has 1 aliphatic carbocycles. The number of nitrogens with zero attached hydrogens (tertiary/aromatic N) is 1. The first-order valence-corrected chi connectivity index (χ1v) is 8.00. The maximum Gasteiger partial charge on any atom is 0.339 e. The SMILES string of the molecule is COc1ccc(S(=O)(=O)CC2(CC#N)CC2)cc1C(=O)O. The topological polar surface area (TPSA) is 104 Å². The first-order chi connectivity index (χ1) is 9.83. The van der Waals surface area contributed by atoms with Crippen molar-refractivity contribution in [3.63, 3.8) is 0 Å². The number of carbonyl (C=O) groups is 1. The lowest BCUT2D eigenvalue weighted by Gasteiger charge is -2.13. The standard InChI is InChI=1S/C14H15NO5S/c1-20-12-3-2-10(8-11(12)13(16)17)21(18,19)9-14(4-5-14)6-7-15/h2-3,8H,4-6,9H2,1H3,(H,16,17). The Kier molecular flexibility index (Phi) is 3.92. The Labute approximate surface area is 122 Å². The van der Waals surface area contributed by atoms with Crippen LogP contribution < -0.4 is 4.74 Å². The van der Waals surface area contributed by atoms with Gasteiger partial charge < -0.3 is 9.84 Å². The average Bonchev–Trinajstić information content (AvgIpc) is 3.16. The second-order valence-electron chi connectivity index (χ2n) is 5.26. The van der Waals surface area contributed by atoms with E-state index in [0.717, 1.165) is 6.07 Å². The number of hydrogen-bond donors (Lipinski definition) is 1. The molecular formula is C14H15NO5S. The number of ether oxygens (including phenoxy) is 1. The van der Waals surface area contributed by atoms with Gasteiger partial charge >= 0.3 is 5.97 Å². The second-order valence-corrected chi connectivity index (χ2v) is 7.25. The van der Waals surface area contributed by atoms with E-state index in [1.54, 1.807) is 0 Å². The number of benzene rings is 1. The highest BCUT2D eigenvalue weighted by Crippen LogP contribution is 2.50. The highest BCUT2D eigenvalue weighted by atomic mass is 32.2. The molecule has 1 aliphatic rings. The van der Waals surface area contributed by atoms with Gasteiger partial charge in [-0.05, 0) is 36.5 Å². The summed E-state index contributed by atoms with van der Waals surface area (Å²) in [4.78, 5) is 11.1. The number of carboxylic acid groups (broad SMARTS) is 1. The summed E-state index contributed by atoms with van der Waals surface area (Å²) in [5.74, 6) is -1.26. The van der Waals surface area contributed by atoms with Crippen LogP contribution in [-0.4, -0.2) is 32.4 Å². The van der Waals surface area contributed by atoms with Gasteiger partial charge in [0.2, 0.25) is 0 Å². The maximum absolute atomic E-state index is 12.4. The molecule has 6 nitrogen and oxygen atoms in total. The van der Waals surface area contributed by atoms with Gasteiger partial charge in [0.15, 0.2) is 9.84 Å². The molecular weight excluding hydrogens is 294 g/mol. The van der Waals surface area contributed by atoms with Gasteiger partial charge in [0.25, 0.3) is 0 Å². The fourth-order valence-electron chi connectivity index (χ4n) is 2.25. The van der Waals surface area contributed by atoms with Crippen molar-refractivity contribution in [1.82, 2.24) is 0 Å². The molecule has 0 atom stereocenters. The van der Waals surface area contributed by atoms with E-state index in [0.29, 0.717) is 12.8 Å². The third-order valence-corrected chi connectivity index (χ3v) is 5.63. The van der Waals surface area contributed by atoms with Gasteiger partial charge in [-0.3, -0.25) is 0 Å². The van der Waals surface area contributed by atoms with E-state index in [4.69, 9.17) is 15.1 Å². The van der Waals surface area contributed by atoms with Crippen LogP contribution in [0.25, 0.3) is 0 Å². The van der Waals surface area contributed by atoms with E-state index in [9.17, 15) is 13.2 Å². The van der Waals surface area contributed by atoms with Gasteiger partial charge in [0.05, 0.1) is 23.8 Å². The summed E-state index contributed by atoms with van der Waals surface area (Å²) in [5, 5.41) is 17.9. The Hall–Kier alpha value is -2.07. The number of sulfone groups is 1. The van der Waals surface area contributed by atoms with Crippen molar-refractivity contribution < 1.29 is 23.1 Å². The third-order valence-electron chi connectivity index (χ3n) is 3.67. The van der Waals surface area contributed by atoms with Crippen LogP contribution in [0, 0.1) is 16.7 Å². The summed E-state index contributed by atoms with van der Waals surface area (Å²) in [6, 6.07) is 5.79. The molecule has 0 radical (unpaired) electrons. The van der Waals surface area contributed by atoms with Gasteiger partial charge in [-0.2, -0.15) is 5.26 Å². The first kappa shape index (κ1) is 15.3. The van der Waals surface area contributed by atoms with Crippen molar-refractivity contribution in [2.24, 2.45) is 5.41 Å². The monoisotopic (exact) mass is 309 g/mol. The van der Waals surface area contributed by atoms with Gasteiger partial charge in [0.1, 0.15) is 11.3 Å². The smallest absolute Gasteiger partial charge is 0.339 e. The molecule has 0 spiro atoms. The molecule has 0 amide bonds. The molecule has 112 valence electrons. The van der Waals surface area contributed by atoms with Crippen LogP contribution in [0.1, 0.15) is 29.6 Å². The van der Waals surface area contributed by atoms with Crippen LogP contribution in [0.15, 0.2) is 23.1 Å². The number of nitriles is 1. The highest BCUT2D eigenvalue weighted by Gasteiger charge is 2.46. The normalized spacial score (nSPS) is 16.0. The van der Waals surface area contributed by atoms with Crippen LogP contribution in [0.5, 0.6) is 5.75 Å². The molecule has 0 aromatic heterocycles. The summed E-state index contributed by atoms with van der Waals surface area (Å²) in [7, 11) is -2.31. The number of hydrogen-bond acceptors (Lipinski definition) is 5. The van der Waals surface area contributed by atoms with Crippen molar-refractivity contribution in [1.29, 1.82) is 5.26 Å². The molecule has 2 rings (SSSR count). The van der Waals surface area contributed by atoms with Crippen LogP contribution >= 0.6 is 0 Å².